The smallest absolute Gasteiger partial charge is 0.325 e. The highest BCUT2D eigenvalue weighted by Gasteiger charge is 2.23. The first kappa shape index (κ1) is 12.9. The van der Waals surface area contributed by atoms with Crippen LogP contribution in [0, 0.1) is 19.8 Å². The topological polar surface area (TPSA) is 78.6 Å². The standard InChI is InChI=1S/C12H19N3O3/c1-8-9(2)18-11(13-8)14-12(17)15-5-3-10(7-16)4-6-15/h10,16H,3-7H2,1-2H3,(H,13,14,17). The maximum Gasteiger partial charge on any atom is 0.325 e. The molecule has 0 aromatic carbocycles. The molecule has 0 unspecified atom stereocenters. The number of carbonyl (C=O) groups excluding carboxylic acids is 1. The van der Waals surface area contributed by atoms with Gasteiger partial charge in [0.2, 0.25) is 0 Å². The van der Waals surface area contributed by atoms with Gasteiger partial charge in [-0.05, 0) is 32.6 Å². The quantitative estimate of drug-likeness (QED) is 0.837. The lowest BCUT2D eigenvalue weighted by molar-refractivity contribution is 0.143. The number of aromatic nitrogens is 1. The van der Waals surface area contributed by atoms with E-state index in [0.29, 0.717) is 24.8 Å². The summed E-state index contributed by atoms with van der Waals surface area (Å²) < 4.78 is 5.31. The number of urea groups is 1. The van der Waals surface area contributed by atoms with E-state index in [1.807, 2.05) is 13.8 Å². The molecule has 1 saturated heterocycles. The molecule has 0 saturated carbocycles. The van der Waals surface area contributed by atoms with Crippen molar-refractivity contribution in [2.75, 3.05) is 25.0 Å². The average molecular weight is 253 g/mol. The lowest BCUT2D eigenvalue weighted by atomic mass is 9.98. The van der Waals surface area contributed by atoms with Crippen molar-refractivity contribution in [3.63, 3.8) is 0 Å². The van der Waals surface area contributed by atoms with Gasteiger partial charge in [0.15, 0.2) is 0 Å². The van der Waals surface area contributed by atoms with Crippen molar-refractivity contribution in [1.82, 2.24) is 9.88 Å². The van der Waals surface area contributed by atoms with E-state index in [2.05, 4.69) is 10.3 Å². The van der Waals surface area contributed by atoms with Crippen LogP contribution in [0.5, 0.6) is 0 Å². The number of carbonyl (C=O) groups is 1. The largest absolute Gasteiger partial charge is 0.428 e. The minimum absolute atomic E-state index is 0.187. The molecule has 2 amide bonds. The summed E-state index contributed by atoms with van der Waals surface area (Å²) in [6.07, 6.45) is 1.68. The second-order valence-electron chi connectivity index (χ2n) is 4.70. The van der Waals surface area contributed by atoms with Gasteiger partial charge in [0, 0.05) is 19.7 Å². The van der Waals surface area contributed by atoms with Gasteiger partial charge in [-0.15, -0.1) is 0 Å². The SMILES string of the molecule is Cc1nc(NC(=O)N2CCC(CO)CC2)oc1C. The normalized spacial score (nSPS) is 16.9. The van der Waals surface area contributed by atoms with E-state index in [1.165, 1.54) is 0 Å². The number of nitrogens with one attached hydrogen (secondary N) is 1. The molecular formula is C12H19N3O3. The molecule has 1 aromatic heterocycles. The van der Waals surface area contributed by atoms with Crippen LogP contribution >= 0.6 is 0 Å². The highest BCUT2D eigenvalue weighted by Crippen LogP contribution is 2.18. The maximum atomic E-state index is 11.9. The lowest BCUT2D eigenvalue weighted by Gasteiger charge is -2.30. The highest BCUT2D eigenvalue weighted by atomic mass is 16.4. The van der Waals surface area contributed by atoms with E-state index >= 15 is 0 Å². The molecule has 1 aromatic rings. The predicted molar refractivity (Wildman–Crippen MR) is 66.4 cm³/mol. The molecule has 6 heteroatoms. The number of aliphatic hydroxyl groups excluding tert-OH is 1. The van der Waals surface area contributed by atoms with Crippen LogP contribution in [0.2, 0.25) is 0 Å². The monoisotopic (exact) mass is 253 g/mol. The van der Waals surface area contributed by atoms with Gasteiger partial charge in [-0.1, -0.05) is 0 Å². The van der Waals surface area contributed by atoms with Gasteiger partial charge in [0.1, 0.15) is 5.76 Å². The molecule has 18 heavy (non-hydrogen) atoms. The number of amides is 2. The number of hydrogen-bond donors (Lipinski definition) is 2. The Labute approximate surface area is 106 Å². The second-order valence-corrected chi connectivity index (χ2v) is 4.70. The van der Waals surface area contributed by atoms with Crippen LogP contribution < -0.4 is 5.32 Å². The predicted octanol–water partition coefficient (Wildman–Crippen LogP) is 1.53. The van der Waals surface area contributed by atoms with E-state index in [1.54, 1.807) is 4.90 Å². The van der Waals surface area contributed by atoms with Gasteiger partial charge in [-0.2, -0.15) is 4.98 Å². The fourth-order valence-corrected chi connectivity index (χ4v) is 2.02. The van der Waals surface area contributed by atoms with Crippen LogP contribution in [0.3, 0.4) is 0 Å². The summed E-state index contributed by atoms with van der Waals surface area (Å²) in [5.74, 6) is 1.03. The maximum absolute atomic E-state index is 11.9. The highest BCUT2D eigenvalue weighted by molar-refractivity contribution is 5.87. The first-order chi connectivity index (χ1) is 8.60. The molecule has 1 aliphatic rings. The molecular weight excluding hydrogens is 234 g/mol. The van der Waals surface area contributed by atoms with Gasteiger partial charge in [-0.3, -0.25) is 5.32 Å². The Morgan fingerprint density at radius 2 is 2.17 bits per heavy atom. The number of aliphatic hydroxyl groups is 1. The summed E-state index contributed by atoms with van der Waals surface area (Å²) in [7, 11) is 0. The van der Waals surface area contributed by atoms with Crippen molar-refractivity contribution in [3.05, 3.63) is 11.5 Å². The fraction of sp³-hybridized carbons (Fsp3) is 0.667. The van der Waals surface area contributed by atoms with Gasteiger partial charge >= 0.3 is 12.0 Å². The van der Waals surface area contributed by atoms with Crippen molar-refractivity contribution in [2.24, 2.45) is 5.92 Å². The Balaban J connectivity index is 1.89. The second kappa shape index (κ2) is 5.39. The van der Waals surface area contributed by atoms with Crippen molar-refractivity contribution in [3.8, 4) is 0 Å². The Bertz CT molecular complexity index is 403. The number of anilines is 1. The van der Waals surface area contributed by atoms with E-state index in [0.717, 1.165) is 18.5 Å². The average Bonchev–Trinajstić information content (AvgIpc) is 2.68. The molecule has 2 heterocycles. The van der Waals surface area contributed by atoms with Gasteiger partial charge in [-0.25, -0.2) is 4.79 Å². The summed E-state index contributed by atoms with van der Waals surface area (Å²) in [5, 5.41) is 11.7. The summed E-state index contributed by atoms with van der Waals surface area (Å²) in [5.41, 5.74) is 0.782. The third-order valence-electron chi connectivity index (χ3n) is 3.40. The van der Waals surface area contributed by atoms with E-state index in [-0.39, 0.29) is 18.7 Å². The number of oxazole rings is 1. The van der Waals surface area contributed by atoms with Crippen molar-refractivity contribution < 1.29 is 14.3 Å². The van der Waals surface area contributed by atoms with Crippen LogP contribution in [0.1, 0.15) is 24.3 Å². The van der Waals surface area contributed by atoms with E-state index < -0.39 is 0 Å². The van der Waals surface area contributed by atoms with E-state index in [4.69, 9.17) is 9.52 Å². The fourth-order valence-electron chi connectivity index (χ4n) is 2.02. The summed E-state index contributed by atoms with van der Waals surface area (Å²) >= 11 is 0. The molecule has 0 bridgehead atoms. The summed E-state index contributed by atoms with van der Waals surface area (Å²) in [4.78, 5) is 17.8. The van der Waals surface area contributed by atoms with Crippen LogP contribution in [0.25, 0.3) is 0 Å². The van der Waals surface area contributed by atoms with Crippen LogP contribution in [-0.2, 0) is 0 Å². The van der Waals surface area contributed by atoms with Gasteiger partial charge in [0.25, 0.3) is 0 Å². The number of nitrogens with zero attached hydrogens (tertiary/aromatic N) is 2. The minimum atomic E-state index is -0.187. The zero-order valence-electron chi connectivity index (χ0n) is 10.8. The number of aryl methyl sites for hydroxylation is 2. The molecule has 6 nitrogen and oxygen atoms in total. The molecule has 100 valence electrons. The Kier molecular flexibility index (Phi) is 3.86. The van der Waals surface area contributed by atoms with Gasteiger partial charge in [0.05, 0.1) is 5.69 Å². The van der Waals surface area contributed by atoms with Gasteiger partial charge < -0.3 is 14.4 Å². The summed E-state index contributed by atoms with van der Waals surface area (Å²) in [6.45, 7) is 5.17. The molecule has 2 rings (SSSR count). The first-order valence-electron chi connectivity index (χ1n) is 6.21. The van der Waals surface area contributed by atoms with Crippen molar-refractivity contribution in [1.29, 1.82) is 0 Å². The number of hydrogen-bond acceptors (Lipinski definition) is 4. The molecule has 2 N–H and O–H groups in total. The van der Waals surface area contributed by atoms with Crippen molar-refractivity contribution >= 4 is 12.0 Å². The minimum Gasteiger partial charge on any atom is -0.428 e. The van der Waals surface area contributed by atoms with Crippen LogP contribution in [0.4, 0.5) is 10.8 Å². The lowest BCUT2D eigenvalue weighted by Crippen LogP contribution is -2.41. The summed E-state index contributed by atoms with van der Waals surface area (Å²) in [6, 6.07) is 0.0620. The molecule has 0 atom stereocenters. The Hall–Kier alpha value is -1.56. The third kappa shape index (κ3) is 2.81. The number of likely N-dealkylation sites (tertiary alicyclic amines) is 1. The van der Waals surface area contributed by atoms with Crippen LogP contribution in [0.15, 0.2) is 4.42 Å². The Morgan fingerprint density at radius 1 is 1.50 bits per heavy atom. The molecule has 0 spiro atoms. The zero-order valence-corrected chi connectivity index (χ0v) is 10.8. The number of piperidine rings is 1. The first-order valence-corrected chi connectivity index (χ1v) is 6.21. The van der Waals surface area contributed by atoms with Crippen LogP contribution in [-0.4, -0.2) is 40.7 Å². The van der Waals surface area contributed by atoms with Crippen molar-refractivity contribution in [2.45, 2.75) is 26.7 Å². The Morgan fingerprint density at radius 3 is 2.67 bits per heavy atom. The molecule has 1 aliphatic heterocycles. The molecule has 0 aliphatic carbocycles. The van der Waals surface area contributed by atoms with E-state index in [9.17, 15) is 4.79 Å². The number of rotatable bonds is 2. The third-order valence-corrected chi connectivity index (χ3v) is 3.40. The molecule has 1 fully saturated rings. The zero-order chi connectivity index (χ0) is 13.1. The molecule has 0 radical (unpaired) electrons.